The van der Waals surface area contributed by atoms with Gasteiger partial charge in [-0.15, -0.1) is 10.2 Å². The van der Waals surface area contributed by atoms with Crippen LogP contribution in [0.4, 0.5) is 43.7 Å². The third kappa shape index (κ3) is 5.56. The summed E-state index contributed by atoms with van der Waals surface area (Å²) in [6.45, 7) is 1.42. The Bertz CT molecular complexity index is 1380. The second kappa shape index (κ2) is 9.49. The number of alkyl halides is 6. The Balaban J connectivity index is 1.68. The maximum Gasteiger partial charge on any atom is 0.418 e. The molecule has 0 spiro atoms. The molecule has 36 heavy (non-hydrogen) atoms. The molecule has 4 aromatic rings. The van der Waals surface area contributed by atoms with Crippen LogP contribution in [0.5, 0.6) is 0 Å². The van der Waals surface area contributed by atoms with Gasteiger partial charge in [-0.3, -0.25) is 0 Å². The molecule has 15 heteroatoms. The summed E-state index contributed by atoms with van der Waals surface area (Å²) in [4.78, 5) is 16.0. The van der Waals surface area contributed by atoms with Gasteiger partial charge in [0, 0.05) is 18.9 Å². The van der Waals surface area contributed by atoms with Crippen LogP contribution in [0.25, 0.3) is 22.6 Å². The first-order valence-corrected chi connectivity index (χ1v) is 10.2. The zero-order valence-corrected chi connectivity index (χ0v) is 18.2. The summed E-state index contributed by atoms with van der Waals surface area (Å²) in [5, 5.41) is 22.0. The van der Waals surface area contributed by atoms with Gasteiger partial charge in [-0.25, -0.2) is 19.9 Å². The molecule has 9 nitrogen and oxygen atoms in total. The Morgan fingerprint density at radius 3 is 2.33 bits per heavy atom. The van der Waals surface area contributed by atoms with E-state index in [1.807, 2.05) is 0 Å². The Kier molecular flexibility index (Phi) is 6.58. The number of aliphatic hydroxyl groups excluding tert-OH is 1. The molecule has 0 bridgehead atoms. The molecule has 0 radical (unpaired) electrons. The van der Waals surface area contributed by atoms with Gasteiger partial charge in [0.1, 0.15) is 28.5 Å². The van der Waals surface area contributed by atoms with Crippen molar-refractivity contribution in [2.24, 2.45) is 0 Å². The minimum Gasteiger partial charge on any atom is -0.392 e. The number of halogens is 6. The van der Waals surface area contributed by atoms with Crippen molar-refractivity contribution in [3.05, 3.63) is 54.0 Å². The van der Waals surface area contributed by atoms with Crippen molar-refractivity contribution < 1.29 is 31.4 Å². The average molecular weight is 510 g/mol. The lowest BCUT2D eigenvalue weighted by atomic mass is 10.1. The van der Waals surface area contributed by atoms with Gasteiger partial charge in [-0.2, -0.15) is 26.3 Å². The van der Waals surface area contributed by atoms with E-state index in [1.54, 1.807) is 0 Å². The third-order valence-electron chi connectivity index (χ3n) is 4.72. The molecule has 0 aliphatic carbocycles. The highest BCUT2D eigenvalue weighted by Crippen LogP contribution is 2.36. The SMILES string of the molecule is CC(O)CNc1cc(C(F)(F)F)c(-c2cnc3c(Nc4ccc(C(F)(F)F)cn4)ccnc3n2)nn1. The molecule has 0 saturated carbocycles. The summed E-state index contributed by atoms with van der Waals surface area (Å²) in [5.74, 6) is -0.110. The van der Waals surface area contributed by atoms with Crippen molar-refractivity contribution in [1.29, 1.82) is 0 Å². The quantitative estimate of drug-likeness (QED) is 0.323. The summed E-state index contributed by atoms with van der Waals surface area (Å²) in [5.41, 5.74) is -2.51. The lowest BCUT2D eigenvalue weighted by Gasteiger charge is -2.14. The van der Waals surface area contributed by atoms with E-state index < -0.39 is 35.3 Å². The van der Waals surface area contributed by atoms with Crippen LogP contribution in [-0.4, -0.2) is 47.9 Å². The highest BCUT2D eigenvalue weighted by molar-refractivity contribution is 5.87. The van der Waals surface area contributed by atoms with Crippen molar-refractivity contribution in [2.75, 3.05) is 17.2 Å². The number of nitrogens with zero attached hydrogens (tertiary/aromatic N) is 6. The molecular formula is C21H16F6N8O. The van der Waals surface area contributed by atoms with Crippen molar-refractivity contribution in [3.63, 3.8) is 0 Å². The van der Waals surface area contributed by atoms with E-state index in [2.05, 4.69) is 40.8 Å². The van der Waals surface area contributed by atoms with Gasteiger partial charge >= 0.3 is 12.4 Å². The second-order valence-corrected chi connectivity index (χ2v) is 7.56. The maximum absolute atomic E-state index is 13.7. The number of aliphatic hydroxyl groups is 1. The number of hydrogen-bond acceptors (Lipinski definition) is 9. The molecule has 1 unspecified atom stereocenters. The highest BCUT2D eigenvalue weighted by Gasteiger charge is 2.36. The van der Waals surface area contributed by atoms with E-state index in [0.717, 1.165) is 24.4 Å². The molecule has 0 aliphatic rings. The largest absolute Gasteiger partial charge is 0.418 e. The van der Waals surface area contributed by atoms with Crippen molar-refractivity contribution in [2.45, 2.75) is 25.4 Å². The van der Waals surface area contributed by atoms with Crippen LogP contribution in [-0.2, 0) is 12.4 Å². The molecule has 1 atom stereocenters. The number of pyridine rings is 2. The molecule has 188 valence electrons. The normalized spacial score (nSPS) is 13.0. The van der Waals surface area contributed by atoms with Crippen molar-refractivity contribution in [3.8, 4) is 11.4 Å². The average Bonchev–Trinajstić information content (AvgIpc) is 2.81. The topological polar surface area (TPSA) is 122 Å². The predicted octanol–water partition coefficient (Wildman–Crippen LogP) is 4.45. The Morgan fingerprint density at radius 2 is 1.69 bits per heavy atom. The number of aromatic nitrogens is 6. The number of nitrogens with one attached hydrogen (secondary N) is 2. The fourth-order valence-corrected chi connectivity index (χ4v) is 3.04. The Morgan fingerprint density at radius 1 is 0.917 bits per heavy atom. The van der Waals surface area contributed by atoms with Crippen LogP contribution in [0.1, 0.15) is 18.1 Å². The van der Waals surface area contributed by atoms with Gasteiger partial charge < -0.3 is 15.7 Å². The minimum atomic E-state index is -4.80. The van der Waals surface area contributed by atoms with Crippen LogP contribution < -0.4 is 10.6 Å². The van der Waals surface area contributed by atoms with Gasteiger partial charge in [-0.05, 0) is 31.2 Å². The maximum atomic E-state index is 13.7. The van der Waals surface area contributed by atoms with E-state index >= 15 is 0 Å². The Labute approximate surface area is 198 Å². The first-order valence-electron chi connectivity index (χ1n) is 10.2. The fraction of sp³-hybridized carbons (Fsp3) is 0.238. The van der Waals surface area contributed by atoms with Crippen LogP contribution in [0.15, 0.2) is 42.9 Å². The van der Waals surface area contributed by atoms with E-state index in [-0.39, 0.29) is 40.7 Å². The van der Waals surface area contributed by atoms with Crippen molar-refractivity contribution >= 4 is 28.5 Å². The summed E-state index contributed by atoms with van der Waals surface area (Å²) < 4.78 is 79.5. The zero-order chi connectivity index (χ0) is 26.1. The predicted molar refractivity (Wildman–Crippen MR) is 116 cm³/mol. The molecule has 0 amide bonds. The molecular weight excluding hydrogens is 494 g/mol. The first kappa shape index (κ1) is 25.0. The molecule has 0 saturated heterocycles. The summed E-state index contributed by atoms with van der Waals surface area (Å²) >= 11 is 0. The van der Waals surface area contributed by atoms with Crippen molar-refractivity contribution in [1.82, 2.24) is 30.1 Å². The molecule has 0 aromatic carbocycles. The first-order chi connectivity index (χ1) is 16.9. The molecule has 4 aromatic heterocycles. The number of hydrogen-bond donors (Lipinski definition) is 3. The van der Waals surface area contributed by atoms with E-state index in [4.69, 9.17) is 0 Å². The monoisotopic (exact) mass is 510 g/mol. The minimum absolute atomic E-state index is 0.0331. The number of anilines is 3. The van der Waals surface area contributed by atoms with E-state index in [0.29, 0.717) is 6.20 Å². The summed E-state index contributed by atoms with van der Waals surface area (Å²) in [7, 11) is 0. The molecule has 0 aliphatic heterocycles. The van der Waals surface area contributed by atoms with Gasteiger partial charge in [0.25, 0.3) is 0 Å². The molecule has 3 N–H and O–H groups in total. The summed E-state index contributed by atoms with van der Waals surface area (Å²) in [6.07, 6.45) is -7.15. The number of rotatable bonds is 6. The zero-order valence-electron chi connectivity index (χ0n) is 18.2. The van der Waals surface area contributed by atoms with Crippen LogP contribution in [0, 0.1) is 0 Å². The van der Waals surface area contributed by atoms with Gasteiger partial charge in [0.2, 0.25) is 0 Å². The van der Waals surface area contributed by atoms with E-state index in [1.165, 1.54) is 19.2 Å². The smallest absolute Gasteiger partial charge is 0.392 e. The lowest BCUT2D eigenvalue weighted by molar-refractivity contribution is -0.138. The van der Waals surface area contributed by atoms with Crippen LogP contribution >= 0.6 is 0 Å². The molecule has 0 fully saturated rings. The molecule has 4 rings (SSSR count). The van der Waals surface area contributed by atoms with Gasteiger partial charge in [0.05, 0.1) is 29.1 Å². The van der Waals surface area contributed by atoms with Crippen LogP contribution in [0.2, 0.25) is 0 Å². The second-order valence-electron chi connectivity index (χ2n) is 7.56. The van der Waals surface area contributed by atoms with E-state index in [9.17, 15) is 31.4 Å². The van der Waals surface area contributed by atoms with Crippen LogP contribution in [0.3, 0.4) is 0 Å². The third-order valence-corrected chi connectivity index (χ3v) is 4.72. The van der Waals surface area contributed by atoms with Gasteiger partial charge in [0.15, 0.2) is 5.65 Å². The summed E-state index contributed by atoms with van der Waals surface area (Å²) in [6, 6.07) is 4.17. The Hall–Kier alpha value is -4.14. The lowest BCUT2D eigenvalue weighted by Crippen LogP contribution is -2.18. The van der Waals surface area contributed by atoms with Gasteiger partial charge in [-0.1, -0.05) is 0 Å². The molecule has 4 heterocycles. The number of fused-ring (bicyclic) bond motifs is 1. The standard InChI is InChI=1S/C21H16F6N8O/c1-10(36)7-29-16-6-12(21(25,26)27)17(35-34-16)14-9-31-18-13(4-5-28-19(18)33-14)32-15-3-2-11(8-30-15)20(22,23)24/h2-6,8-10,36H,7H2,1H3,(H,29,34)(H,28,30,32,33). The highest BCUT2D eigenvalue weighted by atomic mass is 19.4. The fourth-order valence-electron chi connectivity index (χ4n) is 3.04.